The molecule has 24 heavy (non-hydrogen) atoms. The molecule has 0 saturated heterocycles. The highest BCUT2D eigenvalue weighted by Crippen LogP contribution is 2.63. The minimum atomic E-state index is 0.159. The van der Waals surface area contributed by atoms with Crippen molar-refractivity contribution in [2.75, 3.05) is 0 Å². The van der Waals surface area contributed by atoms with Crippen LogP contribution in [-0.4, -0.2) is 11.4 Å². The summed E-state index contributed by atoms with van der Waals surface area (Å²) >= 11 is 0. The van der Waals surface area contributed by atoms with E-state index < -0.39 is 0 Å². The Kier molecular flexibility index (Phi) is 3.97. The number of rotatable bonds is 3. The molecule has 0 aliphatic heterocycles. The highest BCUT2D eigenvalue weighted by Gasteiger charge is 2.54. The van der Waals surface area contributed by atoms with Crippen LogP contribution >= 0.6 is 0 Å². The van der Waals surface area contributed by atoms with E-state index in [0.717, 1.165) is 30.5 Å². The SMILES string of the molecule is CCC[C@H]1CC[C@H]2[C@@H]3CCc4cc(O)c(C=O)cc4[C@H]3CC[C@]12C. The number of aldehydes is 1. The van der Waals surface area contributed by atoms with E-state index in [1.54, 1.807) is 0 Å². The maximum atomic E-state index is 11.3. The monoisotopic (exact) mass is 326 g/mol. The van der Waals surface area contributed by atoms with E-state index in [-0.39, 0.29) is 5.75 Å². The predicted octanol–water partition coefficient (Wildman–Crippen LogP) is 5.48. The van der Waals surface area contributed by atoms with Crippen molar-refractivity contribution >= 4 is 6.29 Å². The van der Waals surface area contributed by atoms with E-state index in [0.29, 0.717) is 16.9 Å². The molecule has 0 bridgehead atoms. The van der Waals surface area contributed by atoms with Gasteiger partial charge in [0.15, 0.2) is 6.29 Å². The average molecular weight is 326 g/mol. The van der Waals surface area contributed by atoms with Gasteiger partial charge in [-0.15, -0.1) is 0 Å². The Hall–Kier alpha value is -1.31. The van der Waals surface area contributed by atoms with Gasteiger partial charge in [-0.05, 0) is 90.9 Å². The van der Waals surface area contributed by atoms with Crippen molar-refractivity contribution in [1.82, 2.24) is 0 Å². The summed E-state index contributed by atoms with van der Waals surface area (Å²) in [5.74, 6) is 3.31. The number of phenols is 1. The Bertz CT molecular complexity index is 650. The first-order chi connectivity index (χ1) is 11.6. The molecule has 2 nitrogen and oxygen atoms in total. The lowest BCUT2D eigenvalue weighted by molar-refractivity contribution is 0.0257. The standard InChI is InChI=1S/C22H30O2/c1-3-4-16-6-8-20-18-7-5-14-12-21(24)15(13-23)11-19(14)17(18)9-10-22(16,20)2/h11-13,16-18,20,24H,3-10H2,1-2H3/t16-,17-,18+,20-,22+/m0/s1. The second kappa shape index (κ2) is 5.89. The van der Waals surface area contributed by atoms with Crippen LogP contribution in [0, 0.1) is 23.2 Å². The number of hydrogen-bond donors (Lipinski definition) is 1. The lowest BCUT2D eigenvalue weighted by atomic mass is 9.54. The van der Waals surface area contributed by atoms with Crippen LogP contribution in [-0.2, 0) is 6.42 Å². The molecule has 1 N–H and O–H groups in total. The van der Waals surface area contributed by atoms with Crippen LogP contribution < -0.4 is 0 Å². The zero-order chi connectivity index (χ0) is 16.9. The first kappa shape index (κ1) is 16.2. The number of hydrogen-bond acceptors (Lipinski definition) is 2. The van der Waals surface area contributed by atoms with Crippen LogP contribution in [0.2, 0.25) is 0 Å². The third-order valence-electron chi connectivity index (χ3n) is 7.83. The van der Waals surface area contributed by atoms with Gasteiger partial charge < -0.3 is 5.11 Å². The van der Waals surface area contributed by atoms with Crippen LogP contribution in [0.15, 0.2) is 12.1 Å². The van der Waals surface area contributed by atoms with Crippen molar-refractivity contribution in [3.8, 4) is 5.75 Å². The molecule has 5 atom stereocenters. The zero-order valence-corrected chi connectivity index (χ0v) is 15.1. The lowest BCUT2D eigenvalue weighted by Gasteiger charge is -2.51. The topological polar surface area (TPSA) is 37.3 Å². The average Bonchev–Trinajstić information content (AvgIpc) is 2.91. The summed E-state index contributed by atoms with van der Waals surface area (Å²) in [7, 11) is 0. The molecule has 1 aromatic rings. The number of aromatic hydroxyl groups is 1. The number of benzene rings is 1. The summed E-state index contributed by atoms with van der Waals surface area (Å²) in [5, 5.41) is 10.0. The smallest absolute Gasteiger partial charge is 0.153 e. The molecule has 130 valence electrons. The molecule has 3 aliphatic rings. The first-order valence-corrected chi connectivity index (χ1v) is 9.89. The molecule has 0 radical (unpaired) electrons. The van der Waals surface area contributed by atoms with Crippen molar-refractivity contribution in [2.24, 2.45) is 23.2 Å². The van der Waals surface area contributed by atoms with E-state index in [2.05, 4.69) is 13.8 Å². The number of fused-ring (bicyclic) bond motifs is 5. The second-order valence-corrected chi connectivity index (χ2v) is 8.75. The van der Waals surface area contributed by atoms with Gasteiger partial charge >= 0.3 is 0 Å². The van der Waals surface area contributed by atoms with E-state index in [1.807, 2.05) is 12.1 Å². The minimum Gasteiger partial charge on any atom is -0.507 e. The fraction of sp³-hybridized carbons (Fsp3) is 0.682. The van der Waals surface area contributed by atoms with Crippen molar-refractivity contribution < 1.29 is 9.90 Å². The number of carbonyl (C=O) groups is 1. The highest BCUT2D eigenvalue weighted by atomic mass is 16.3. The summed E-state index contributed by atoms with van der Waals surface area (Å²) in [5.41, 5.74) is 3.66. The van der Waals surface area contributed by atoms with Gasteiger partial charge in [-0.25, -0.2) is 0 Å². The third kappa shape index (κ3) is 2.25. The summed E-state index contributed by atoms with van der Waals surface area (Å²) in [4.78, 5) is 11.3. The molecule has 0 spiro atoms. The van der Waals surface area contributed by atoms with Crippen LogP contribution in [0.4, 0.5) is 0 Å². The Morgan fingerprint density at radius 1 is 1.25 bits per heavy atom. The minimum absolute atomic E-state index is 0.159. The van der Waals surface area contributed by atoms with Crippen molar-refractivity contribution in [3.05, 3.63) is 28.8 Å². The van der Waals surface area contributed by atoms with E-state index >= 15 is 0 Å². The maximum Gasteiger partial charge on any atom is 0.153 e. The van der Waals surface area contributed by atoms with E-state index in [9.17, 15) is 9.90 Å². The quantitative estimate of drug-likeness (QED) is 0.747. The van der Waals surface area contributed by atoms with E-state index in [4.69, 9.17) is 0 Å². The van der Waals surface area contributed by atoms with Crippen molar-refractivity contribution in [1.29, 1.82) is 0 Å². The third-order valence-corrected chi connectivity index (χ3v) is 7.83. The van der Waals surface area contributed by atoms with Gasteiger partial charge in [-0.3, -0.25) is 4.79 Å². The molecule has 4 rings (SSSR count). The van der Waals surface area contributed by atoms with Gasteiger partial charge in [-0.2, -0.15) is 0 Å². The van der Waals surface area contributed by atoms with Crippen molar-refractivity contribution in [3.63, 3.8) is 0 Å². The maximum absolute atomic E-state index is 11.3. The highest BCUT2D eigenvalue weighted by molar-refractivity contribution is 5.80. The molecule has 0 aromatic heterocycles. The summed E-state index contributed by atoms with van der Waals surface area (Å²) < 4.78 is 0. The first-order valence-electron chi connectivity index (χ1n) is 9.89. The van der Waals surface area contributed by atoms with Gasteiger partial charge in [0, 0.05) is 0 Å². The summed E-state index contributed by atoms with van der Waals surface area (Å²) in [6.07, 6.45) is 11.2. The molecular weight excluding hydrogens is 296 g/mol. The fourth-order valence-electron chi connectivity index (χ4n) is 6.65. The lowest BCUT2D eigenvalue weighted by Crippen LogP contribution is -2.42. The largest absolute Gasteiger partial charge is 0.507 e. The van der Waals surface area contributed by atoms with Gasteiger partial charge in [0.05, 0.1) is 5.56 Å². The van der Waals surface area contributed by atoms with Gasteiger partial charge in [0.25, 0.3) is 0 Å². The number of phenolic OH excluding ortho intramolecular Hbond substituents is 1. The van der Waals surface area contributed by atoms with Crippen molar-refractivity contribution in [2.45, 2.75) is 71.1 Å². The predicted molar refractivity (Wildman–Crippen MR) is 96.5 cm³/mol. The van der Waals surface area contributed by atoms with E-state index in [1.165, 1.54) is 56.1 Å². The molecule has 3 aliphatic carbocycles. The Labute approximate surface area is 145 Å². The number of carbonyl (C=O) groups excluding carboxylic acids is 1. The molecule has 0 unspecified atom stereocenters. The zero-order valence-electron chi connectivity index (χ0n) is 15.1. The van der Waals surface area contributed by atoms with Crippen LogP contribution in [0.3, 0.4) is 0 Å². The molecule has 0 heterocycles. The van der Waals surface area contributed by atoms with Gasteiger partial charge in [0.1, 0.15) is 5.75 Å². The van der Waals surface area contributed by atoms with Gasteiger partial charge in [0.2, 0.25) is 0 Å². The summed E-state index contributed by atoms with van der Waals surface area (Å²) in [6, 6.07) is 3.85. The molecule has 2 saturated carbocycles. The molecule has 2 fully saturated rings. The molecule has 0 amide bonds. The van der Waals surface area contributed by atoms with Crippen LogP contribution in [0.1, 0.15) is 86.2 Å². The van der Waals surface area contributed by atoms with Crippen LogP contribution in [0.5, 0.6) is 5.75 Å². The molecule has 2 heteroatoms. The molecule has 1 aromatic carbocycles. The Balaban J connectivity index is 1.67. The Morgan fingerprint density at radius 2 is 2.08 bits per heavy atom. The molecular formula is C22H30O2. The normalized spacial score (nSPS) is 37.4. The fourth-order valence-corrected chi connectivity index (χ4v) is 6.65. The second-order valence-electron chi connectivity index (χ2n) is 8.75. The van der Waals surface area contributed by atoms with Gasteiger partial charge in [-0.1, -0.05) is 26.7 Å². The van der Waals surface area contributed by atoms with Crippen LogP contribution in [0.25, 0.3) is 0 Å². The Morgan fingerprint density at radius 3 is 2.83 bits per heavy atom. The number of aryl methyl sites for hydroxylation is 1. The summed E-state index contributed by atoms with van der Waals surface area (Å²) in [6.45, 7) is 4.90.